The number of benzene rings is 2. The van der Waals surface area contributed by atoms with E-state index in [9.17, 15) is 9.59 Å². The number of rotatable bonds is 8. The van der Waals surface area contributed by atoms with Gasteiger partial charge in [0.15, 0.2) is 5.76 Å². The molecule has 1 aliphatic rings. The summed E-state index contributed by atoms with van der Waals surface area (Å²) < 4.78 is 5.40. The highest BCUT2D eigenvalue weighted by Gasteiger charge is 2.23. The molecule has 2 N–H and O–H groups in total. The fourth-order valence-electron chi connectivity index (χ4n) is 4.26. The third kappa shape index (κ3) is 6.33. The average molecular weight is 446 g/mol. The molecule has 0 atom stereocenters. The van der Waals surface area contributed by atoms with Crippen molar-refractivity contribution < 1.29 is 14.0 Å². The number of furan rings is 1. The molecule has 1 aromatic heterocycles. The summed E-state index contributed by atoms with van der Waals surface area (Å²) in [4.78, 5) is 27.4. The molecule has 0 spiro atoms. The van der Waals surface area contributed by atoms with Gasteiger partial charge >= 0.3 is 0 Å². The minimum Gasteiger partial charge on any atom is -0.456 e. The monoisotopic (exact) mass is 445 g/mol. The molecule has 1 fully saturated rings. The Bertz CT molecular complexity index is 1000. The van der Waals surface area contributed by atoms with E-state index >= 15 is 0 Å². The van der Waals surface area contributed by atoms with Gasteiger partial charge in [-0.15, -0.1) is 0 Å². The maximum absolute atomic E-state index is 12.8. The minimum atomic E-state index is -0.161. The molecule has 0 bridgehead atoms. The topological polar surface area (TPSA) is 74.6 Å². The molecule has 2 amide bonds. The number of nitrogens with zero attached hydrogens (tertiary/aromatic N) is 1. The van der Waals surface area contributed by atoms with Crippen molar-refractivity contribution in [3.8, 4) is 0 Å². The number of hydrogen-bond donors (Lipinski definition) is 2. The predicted octanol–water partition coefficient (Wildman–Crippen LogP) is 4.08. The molecule has 0 radical (unpaired) electrons. The van der Waals surface area contributed by atoms with Crippen LogP contribution < -0.4 is 10.6 Å². The number of carbonyl (C=O) groups is 2. The van der Waals surface area contributed by atoms with Crippen LogP contribution in [0, 0.1) is 6.92 Å². The van der Waals surface area contributed by atoms with Gasteiger partial charge in [0, 0.05) is 32.1 Å². The molecule has 33 heavy (non-hydrogen) atoms. The lowest BCUT2D eigenvalue weighted by molar-refractivity contribution is -0.122. The zero-order valence-electron chi connectivity index (χ0n) is 19.0. The van der Waals surface area contributed by atoms with Crippen LogP contribution in [0.1, 0.15) is 52.7 Å². The van der Waals surface area contributed by atoms with Crippen molar-refractivity contribution in [2.75, 3.05) is 19.6 Å². The second-order valence-electron chi connectivity index (χ2n) is 8.57. The van der Waals surface area contributed by atoms with Gasteiger partial charge < -0.3 is 20.0 Å². The summed E-state index contributed by atoms with van der Waals surface area (Å²) in [6.07, 6.45) is 2.17. The van der Waals surface area contributed by atoms with E-state index in [2.05, 4.69) is 15.5 Å². The maximum Gasteiger partial charge on any atom is 0.287 e. The lowest BCUT2D eigenvalue weighted by Gasteiger charge is -2.32. The van der Waals surface area contributed by atoms with E-state index in [1.165, 1.54) is 0 Å². The fraction of sp³-hybridized carbons (Fsp3) is 0.333. The second kappa shape index (κ2) is 11.0. The lowest BCUT2D eigenvalue weighted by Crippen LogP contribution is -2.45. The molecule has 2 heterocycles. The number of amides is 2. The summed E-state index contributed by atoms with van der Waals surface area (Å²) in [7, 11) is 0. The molecular formula is C27H31N3O3. The van der Waals surface area contributed by atoms with Crippen molar-refractivity contribution in [1.82, 2.24) is 15.5 Å². The molecule has 2 aromatic carbocycles. The second-order valence-corrected chi connectivity index (χ2v) is 8.57. The van der Waals surface area contributed by atoms with Crippen molar-refractivity contribution in [2.24, 2.45) is 0 Å². The van der Waals surface area contributed by atoms with Gasteiger partial charge in [-0.2, -0.15) is 0 Å². The van der Waals surface area contributed by atoms with Gasteiger partial charge in [-0.3, -0.25) is 9.59 Å². The highest BCUT2D eigenvalue weighted by atomic mass is 16.3. The first-order valence-electron chi connectivity index (χ1n) is 11.6. The third-order valence-electron chi connectivity index (χ3n) is 6.11. The van der Waals surface area contributed by atoms with Crippen LogP contribution in [-0.4, -0.2) is 42.4 Å². The van der Waals surface area contributed by atoms with Gasteiger partial charge in [0.05, 0.1) is 6.04 Å². The number of carbonyl (C=O) groups excluding carboxylic acids is 2. The Morgan fingerprint density at radius 1 is 0.939 bits per heavy atom. The summed E-state index contributed by atoms with van der Waals surface area (Å²) in [6.45, 7) is 4.25. The lowest BCUT2D eigenvalue weighted by atomic mass is 9.98. The summed E-state index contributed by atoms with van der Waals surface area (Å²) in [6, 6.07) is 23.6. The Morgan fingerprint density at radius 3 is 2.09 bits per heavy atom. The molecule has 4 rings (SSSR count). The number of nitrogens with one attached hydrogen (secondary N) is 2. The Kier molecular flexibility index (Phi) is 7.58. The maximum atomic E-state index is 12.8. The van der Waals surface area contributed by atoms with Gasteiger partial charge in [-0.25, -0.2) is 0 Å². The molecule has 0 aliphatic carbocycles. The Hall–Kier alpha value is -3.38. The van der Waals surface area contributed by atoms with E-state index in [0.29, 0.717) is 18.7 Å². The van der Waals surface area contributed by atoms with Crippen LogP contribution in [0.2, 0.25) is 0 Å². The summed E-state index contributed by atoms with van der Waals surface area (Å²) in [5.41, 5.74) is 2.14. The molecule has 6 heteroatoms. The van der Waals surface area contributed by atoms with Crippen molar-refractivity contribution in [3.05, 3.63) is 95.4 Å². The van der Waals surface area contributed by atoms with Crippen LogP contribution in [0.4, 0.5) is 0 Å². The zero-order valence-corrected chi connectivity index (χ0v) is 19.0. The van der Waals surface area contributed by atoms with E-state index < -0.39 is 0 Å². The number of hydrogen-bond acceptors (Lipinski definition) is 4. The van der Waals surface area contributed by atoms with E-state index in [-0.39, 0.29) is 23.9 Å². The highest BCUT2D eigenvalue weighted by Crippen LogP contribution is 2.22. The number of piperidine rings is 1. The first-order valence-corrected chi connectivity index (χ1v) is 11.6. The normalized spacial score (nSPS) is 14.8. The van der Waals surface area contributed by atoms with Crippen LogP contribution in [0.3, 0.4) is 0 Å². The van der Waals surface area contributed by atoms with E-state index in [4.69, 9.17) is 4.42 Å². The largest absolute Gasteiger partial charge is 0.456 e. The van der Waals surface area contributed by atoms with Crippen LogP contribution >= 0.6 is 0 Å². The Labute approximate surface area is 195 Å². The van der Waals surface area contributed by atoms with Crippen molar-refractivity contribution in [2.45, 2.75) is 38.3 Å². The van der Waals surface area contributed by atoms with Gasteiger partial charge in [-0.05, 0) is 43.0 Å². The molecular weight excluding hydrogens is 414 g/mol. The fourth-order valence-corrected chi connectivity index (χ4v) is 4.26. The summed E-state index contributed by atoms with van der Waals surface area (Å²) in [5.74, 6) is 0.970. The molecule has 3 aromatic rings. The van der Waals surface area contributed by atoms with E-state index in [0.717, 1.165) is 42.8 Å². The molecule has 1 saturated heterocycles. The van der Waals surface area contributed by atoms with Crippen molar-refractivity contribution in [3.63, 3.8) is 0 Å². The Morgan fingerprint density at radius 2 is 1.55 bits per heavy atom. The van der Waals surface area contributed by atoms with Gasteiger partial charge in [0.2, 0.25) is 5.91 Å². The quantitative estimate of drug-likeness (QED) is 0.548. The molecule has 1 aliphatic heterocycles. The predicted molar refractivity (Wildman–Crippen MR) is 128 cm³/mol. The standard InChI is InChI=1S/C27H31N3O3/c1-20-12-13-24(33-20)27(32)28-23-14-17-30(18-15-23)19-16-25(31)29-26(21-8-4-2-5-9-21)22-10-6-3-7-11-22/h2-13,23,26H,14-19H2,1H3,(H,28,32)(H,29,31). The smallest absolute Gasteiger partial charge is 0.287 e. The van der Waals surface area contributed by atoms with Gasteiger partial charge in [0.1, 0.15) is 5.76 Å². The van der Waals surface area contributed by atoms with Crippen molar-refractivity contribution >= 4 is 11.8 Å². The SMILES string of the molecule is Cc1ccc(C(=O)NC2CCN(CCC(=O)NC(c3ccccc3)c3ccccc3)CC2)o1. The molecule has 6 nitrogen and oxygen atoms in total. The van der Waals surface area contributed by atoms with Crippen LogP contribution in [-0.2, 0) is 4.79 Å². The first-order chi connectivity index (χ1) is 16.1. The third-order valence-corrected chi connectivity index (χ3v) is 6.11. The Balaban J connectivity index is 1.24. The molecule has 172 valence electrons. The van der Waals surface area contributed by atoms with Gasteiger partial charge in [-0.1, -0.05) is 60.7 Å². The first kappa shape index (κ1) is 22.8. The number of likely N-dealkylation sites (tertiary alicyclic amines) is 1. The van der Waals surface area contributed by atoms with Crippen LogP contribution in [0.5, 0.6) is 0 Å². The van der Waals surface area contributed by atoms with E-state index in [1.54, 1.807) is 12.1 Å². The van der Waals surface area contributed by atoms with Crippen LogP contribution in [0.25, 0.3) is 0 Å². The summed E-state index contributed by atoms with van der Waals surface area (Å²) in [5, 5.41) is 6.27. The molecule has 0 unspecified atom stereocenters. The van der Waals surface area contributed by atoms with Crippen LogP contribution in [0.15, 0.2) is 77.2 Å². The minimum absolute atomic E-state index is 0.0383. The highest BCUT2D eigenvalue weighted by molar-refractivity contribution is 5.91. The van der Waals surface area contributed by atoms with E-state index in [1.807, 2.05) is 67.6 Å². The van der Waals surface area contributed by atoms with Crippen molar-refractivity contribution in [1.29, 1.82) is 0 Å². The zero-order chi connectivity index (χ0) is 23.0. The summed E-state index contributed by atoms with van der Waals surface area (Å²) >= 11 is 0. The van der Waals surface area contributed by atoms with Gasteiger partial charge in [0.25, 0.3) is 5.91 Å². The number of aryl methyl sites for hydroxylation is 1. The average Bonchev–Trinajstić information content (AvgIpc) is 3.29. The molecule has 0 saturated carbocycles.